The van der Waals surface area contributed by atoms with E-state index >= 15 is 0 Å². The van der Waals surface area contributed by atoms with Crippen LogP contribution in [-0.2, 0) is 12.8 Å². The van der Waals surface area contributed by atoms with Crippen molar-refractivity contribution < 1.29 is 4.79 Å². The highest BCUT2D eigenvalue weighted by molar-refractivity contribution is 7.80. The fourth-order valence-electron chi connectivity index (χ4n) is 2.09. The summed E-state index contributed by atoms with van der Waals surface area (Å²) in [5, 5.41) is 0. The Morgan fingerprint density at radius 3 is 2.88 bits per heavy atom. The largest absolute Gasteiger partial charge is 0.392 e. The van der Waals surface area contributed by atoms with E-state index in [0.717, 1.165) is 17.7 Å². The van der Waals surface area contributed by atoms with Crippen molar-refractivity contribution in [1.29, 1.82) is 0 Å². The monoisotopic (exact) mass is 268 g/mol. The quantitative estimate of drug-likeness (QED) is 0.853. The van der Waals surface area contributed by atoms with Crippen LogP contribution < -0.4 is 5.73 Å². The Kier molecular flexibility index (Phi) is 3.79. The molecule has 0 aromatic carbocycles. The predicted molar refractivity (Wildman–Crippen MR) is 74.7 cm³/mol. The molecule has 1 aliphatic carbocycles. The Balaban J connectivity index is 2.14. The molecule has 0 radical (unpaired) electrons. The third-order valence-corrected chi connectivity index (χ3v) is 4.30. The van der Waals surface area contributed by atoms with Crippen molar-refractivity contribution in [2.24, 2.45) is 5.73 Å². The number of carbonyl (C=O) groups is 1. The maximum atomic E-state index is 12.1. The number of hydrogen-bond acceptors (Lipinski definition) is 3. The highest BCUT2D eigenvalue weighted by atomic mass is 32.1. The van der Waals surface area contributed by atoms with Gasteiger partial charge in [-0.15, -0.1) is 11.3 Å². The van der Waals surface area contributed by atoms with Gasteiger partial charge in [-0.2, -0.15) is 0 Å². The van der Waals surface area contributed by atoms with E-state index in [0.29, 0.717) is 11.5 Å². The number of rotatable bonds is 3. The van der Waals surface area contributed by atoms with E-state index in [2.05, 4.69) is 0 Å². The topological polar surface area (TPSA) is 46.3 Å². The summed E-state index contributed by atoms with van der Waals surface area (Å²) in [5.74, 6) is 0.0252. The molecule has 0 saturated carbocycles. The number of thiophene rings is 1. The lowest BCUT2D eigenvalue weighted by atomic mass is 9.99. The van der Waals surface area contributed by atoms with Gasteiger partial charge in [0.05, 0.1) is 16.4 Å². The number of nitrogens with two attached hydrogens (primary N) is 1. The maximum Gasteiger partial charge on any atom is 0.264 e. The average molecular weight is 268 g/mol. The minimum absolute atomic E-state index is 0.0252. The Labute approximate surface area is 111 Å². The lowest BCUT2D eigenvalue weighted by Gasteiger charge is -2.14. The number of fused-ring (bicyclic) bond motifs is 1. The number of carbonyl (C=O) groups excluding carboxylic acids is 1. The van der Waals surface area contributed by atoms with E-state index < -0.39 is 0 Å². The van der Waals surface area contributed by atoms with Crippen LogP contribution in [0.25, 0.3) is 0 Å². The first kappa shape index (κ1) is 12.5. The van der Waals surface area contributed by atoms with Crippen molar-refractivity contribution >= 4 is 34.5 Å². The molecule has 1 aliphatic rings. The van der Waals surface area contributed by atoms with E-state index in [1.807, 2.05) is 6.07 Å². The standard InChI is InChI=1S/C12H16N2OS2/c1-14(7-11(13)16)12(15)10-6-8-4-2-3-5-9(8)17-10/h6H,2-5,7H2,1H3,(H2,13,16). The van der Waals surface area contributed by atoms with E-state index in [9.17, 15) is 4.79 Å². The average Bonchev–Trinajstić information content (AvgIpc) is 2.70. The molecule has 0 saturated heterocycles. The SMILES string of the molecule is CN(CC(N)=S)C(=O)c1cc2c(s1)CCCC2. The summed E-state index contributed by atoms with van der Waals surface area (Å²) >= 11 is 6.44. The molecule has 1 heterocycles. The van der Waals surface area contributed by atoms with Crippen LogP contribution in [0, 0.1) is 0 Å². The molecular weight excluding hydrogens is 252 g/mol. The Morgan fingerprint density at radius 2 is 2.24 bits per heavy atom. The smallest absolute Gasteiger partial charge is 0.264 e. The fraction of sp³-hybridized carbons (Fsp3) is 0.500. The summed E-state index contributed by atoms with van der Waals surface area (Å²) in [6.45, 7) is 0.344. The number of hydrogen-bond donors (Lipinski definition) is 1. The Bertz CT molecular complexity index is 430. The molecule has 1 aromatic rings. The summed E-state index contributed by atoms with van der Waals surface area (Å²) in [6.07, 6.45) is 4.70. The van der Waals surface area contributed by atoms with Gasteiger partial charge in [-0.25, -0.2) is 0 Å². The lowest BCUT2D eigenvalue weighted by molar-refractivity contribution is 0.0819. The molecular formula is C12H16N2OS2. The van der Waals surface area contributed by atoms with Gasteiger partial charge in [-0.05, 0) is 37.3 Å². The van der Waals surface area contributed by atoms with Crippen molar-refractivity contribution in [2.75, 3.05) is 13.6 Å². The van der Waals surface area contributed by atoms with Crippen LogP contribution in [0.3, 0.4) is 0 Å². The summed E-state index contributed by atoms with van der Waals surface area (Å²) in [6, 6.07) is 2.04. The number of likely N-dealkylation sites (N-methyl/N-ethyl adjacent to an activating group) is 1. The first-order valence-electron chi connectivity index (χ1n) is 5.73. The summed E-state index contributed by atoms with van der Waals surface area (Å²) in [5.41, 5.74) is 6.80. The maximum absolute atomic E-state index is 12.1. The molecule has 1 aromatic heterocycles. The number of thiocarbonyl (C=S) groups is 1. The van der Waals surface area contributed by atoms with E-state index in [1.54, 1.807) is 23.3 Å². The second-order valence-electron chi connectivity index (χ2n) is 4.39. The van der Waals surface area contributed by atoms with Gasteiger partial charge in [0.2, 0.25) is 0 Å². The Morgan fingerprint density at radius 1 is 1.53 bits per heavy atom. The van der Waals surface area contributed by atoms with Crippen LogP contribution in [0.1, 0.15) is 33.0 Å². The van der Waals surface area contributed by atoms with Crippen molar-refractivity contribution in [2.45, 2.75) is 25.7 Å². The van der Waals surface area contributed by atoms with Crippen molar-refractivity contribution in [3.05, 3.63) is 21.4 Å². The fourth-order valence-corrected chi connectivity index (χ4v) is 3.53. The van der Waals surface area contributed by atoms with Gasteiger partial charge >= 0.3 is 0 Å². The molecule has 1 amide bonds. The molecule has 92 valence electrons. The molecule has 17 heavy (non-hydrogen) atoms. The molecule has 0 spiro atoms. The van der Waals surface area contributed by atoms with Crippen molar-refractivity contribution in [1.82, 2.24) is 4.90 Å². The van der Waals surface area contributed by atoms with Gasteiger partial charge in [0, 0.05) is 11.9 Å². The van der Waals surface area contributed by atoms with Gasteiger partial charge in [-0.1, -0.05) is 12.2 Å². The molecule has 2 N–H and O–H groups in total. The number of amides is 1. The van der Waals surface area contributed by atoms with Gasteiger partial charge in [0.1, 0.15) is 0 Å². The Hall–Kier alpha value is -0.940. The minimum atomic E-state index is 0.0252. The third-order valence-electron chi connectivity index (χ3n) is 2.95. The van der Waals surface area contributed by atoms with Gasteiger partial charge < -0.3 is 10.6 Å². The minimum Gasteiger partial charge on any atom is -0.392 e. The highest BCUT2D eigenvalue weighted by Crippen LogP contribution is 2.30. The first-order chi connectivity index (χ1) is 8.08. The van der Waals surface area contributed by atoms with Gasteiger partial charge in [0.15, 0.2) is 0 Å². The third kappa shape index (κ3) is 2.84. The molecule has 0 atom stereocenters. The first-order valence-corrected chi connectivity index (χ1v) is 6.95. The van der Waals surface area contributed by atoms with E-state index in [1.165, 1.54) is 23.3 Å². The number of aryl methyl sites for hydroxylation is 2. The highest BCUT2D eigenvalue weighted by Gasteiger charge is 2.19. The normalized spacial score (nSPS) is 14.2. The summed E-state index contributed by atoms with van der Waals surface area (Å²) in [4.78, 5) is 16.2. The molecule has 0 aliphatic heterocycles. The summed E-state index contributed by atoms with van der Waals surface area (Å²) < 4.78 is 0. The van der Waals surface area contributed by atoms with E-state index in [4.69, 9.17) is 18.0 Å². The summed E-state index contributed by atoms with van der Waals surface area (Å²) in [7, 11) is 1.74. The molecule has 3 nitrogen and oxygen atoms in total. The molecule has 5 heteroatoms. The zero-order valence-corrected chi connectivity index (χ0v) is 11.5. The molecule has 0 unspecified atom stereocenters. The van der Waals surface area contributed by atoms with Gasteiger partial charge in [-0.3, -0.25) is 4.79 Å². The molecule has 0 fully saturated rings. The molecule has 0 bridgehead atoms. The second kappa shape index (κ2) is 5.14. The van der Waals surface area contributed by atoms with Crippen molar-refractivity contribution in [3.8, 4) is 0 Å². The van der Waals surface area contributed by atoms with Crippen molar-refractivity contribution in [3.63, 3.8) is 0 Å². The van der Waals surface area contributed by atoms with Crippen LogP contribution in [0.15, 0.2) is 6.07 Å². The van der Waals surface area contributed by atoms with E-state index in [-0.39, 0.29) is 5.91 Å². The molecule has 2 rings (SSSR count). The van der Waals surface area contributed by atoms with Crippen LogP contribution in [0.2, 0.25) is 0 Å². The lowest BCUT2D eigenvalue weighted by Crippen LogP contribution is -2.34. The van der Waals surface area contributed by atoms with Gasteiger partial charge in [0.25, 0.3) is 5.91 Å². The zero-order valence-electron chi connectivity index (χ0n) is 9.86. The van der Waals surface area contributed by atoms with Crippen LogP contribution >= 0.6 is 23.6 Å². The second-order valence-corrected chi connectivity index (χ2v) is 6.05. The zero-order chi connectivity index (χ0) is 12.4. The number of nitrogens with zero attached hydrogens (tertiary/aromatic N) is 1. The van der Waals surface area contributed by atoms with Crippen LogP contribution in [0.5, 0.6) is 0 Å². The van der Waals surface area contributed by atoms with Crippen LogP contribution in [-0.4, -0.2) is 29.4 Å². The predicted octanol–water partition coefficient (Wildman–Crippen LogP) is 1.99. The van der Waals surface area contributed by atoms with Crippen LogP contribution in [0.4, 0.5) is 0 Å².